The maximum Gasteiger partial charge on any atom is 0.260 e. The third kappa shape index (κ3) is 2.43. The zero-order chi connectivity index (χ0) is 13.2. The van der Waals surface area contributed by atoms with Crippen LogP contribution in [0.2, 0.25) is 0 Å². The van der Waals surface area contributed by atoms with Crippen LogP contribution in [0, 0.1) is 5.92 Å². The van der Waals surface area contributed by atoms with Crippen molar-refractivity contribution in [2.24, 2.45) is 11.7 Å². The minimum atomic E-state index is -3.46. The van der Waals surface area contributed by atoms with Crippen molar-refractivity contribution in [2.45, 2.75) is 37.8 Å². The second-order valence-electron chi connectivity index (χ2n) is 4.68. The van der Waals surface area contributed by atoms with Crippen molar-refractivity contribution in [3.8, 4) is 0 Å². The summed E-state index contributed by atoms with van der Waals surface area (Å²) in [6, 6.07) is 0. The number of sulfonamides is 1. The molecule has 0 aromatic carbocycles. The van der Waals surface area contributed by atoms with Crippen LogP contribution in [-0.4, -0.2) is 36.0 Å². The summed E-state index contributed by atoms with van der Waals surface area (Å²) < 4.78 is 26.4. The molecule has 7 heteroatoms. The van der Waals surface area contributed by atoms with Crippen LogP contribution in [0.1, 0.15) is 31.7 Å². The SMILES string of the molecule is CCC1CCN(S(=O)(=O)c2[nH]ncc2CN)CC1. The highest BCUT2D eigenvalue weighted by molar-refractivity contribution is 7.89. The monoisotopic (exact) mass is 272 g/mol. The van der Waals surface area contributed by atoms with Crippen LogP contribution in [0.4, 0.5) is 0 Å². The first-order chi connectivity index (χ1) is 8.59. The van der Waals surface area contributed by atoms with Crippen LogP contribution in [0.5, 0.6) is 0 Å². The van der Waals surface area contributed by atoms with Crippen molar-refractivity contribution in [3.63, 3.8) is 0 Å². The Morgan fingerprint density at radius 1 is 1.50 bits per heavy atom. The zero-order valence-corrected chi connectivity index (χ0v) is 11.4. The van der Waals surface area contributed by atoms with Gasteiger partial charge in [0.25, 0.3) is 10.0 Å². The van der Waals surface area contributed by atoms with Crippen LogP contribution in [-0.2, 0) is 16.6 Å². The van der Waals surface area contributed by atoms with Crippen LogP contribution in [0.25, 0.3) is 0 Å². The number of hydrogen-bond donors (Lipinski definition) is 2. The van der Waals surface area contributed by atoms with E-state index in [9.17, 15) is 8.42 Å². The molecule has 1 saturated heterocycles. The van der Waals surface area contributed by atoms with E-state index in [2.05, 4.69) is 17.1 Å². The third-order valence-electron chi connectivity index (χ3n) is 3.65. The minimum absolute atomic E-state index is 0.153. The number of piperidine rings is 1. The van der Waals surface area contributed by atoms with Crippen molar-refractivity contribution < 1.29 is 8.42 Å². The molecule has 1 aromatic rings. The van der Waals surface area contributed by atoms with Gasteiger partial charge in [-0.2, -0.15) is 9.40 Å². The van der Waals surface area contributed by atoms with Crippen molar-refractivity contribution in [3.05, 3.63) is 11.8 Å². The van der Waals surface area contributed by atoms with E-state index in [1.54, 1.807) is 0 Å². The molecule has 1 fully saturated rings. The maximum absolute atomic E-state index is 12.4. The van der Waals surface area contributed by atoms with E-state index in [0.29, 0.717) is 24.6 Å². The Bertz CT molecular complexity index is 489. The van der Waals surface area contributed by atoms with Gasteiger partial charge in [0.2, 0.25) is 0 Å². The average Bonchev–Trinajstić information content (AvgIpc) is 2.88. The molecule has 0 unspecified atom stereocenters. The van der Waals surface area contributed by atoms with Crippen molar-refractivity contribution in [1.29, 1.82) is 0 Å². The number of nitrogens with two attached hydrogens (primary N) is 1. The second kappa shape index (κ2) is 5.38. The van der Waals surface area contributed by atoms with Gasteiger partial charge in [-0.3, -0.25) is 5.10 Å². The standard InChI is InChI=1S/C11H20N4O2S/c1-2-9-3-5-15(6-4-9)18(16,17)11-10(7-12)8-13-14-11/h8-9H,2-7,12H2,1H3,(H,13,14). The number of H-pyrrole nitrogens is 1. The summed E-state index contributed by atoms with van der Waals surface area (Å²) in [7, 11) is -3.46. The highest BCUT2D eigenvalue weighted by Gasteiger charge is 2.31. The molecule has 1 aromatic heterocycles. The van der Waals surface area contributed by atoms with Gasteiger partial charge in [0.05, 0.1) is 6.20 Å². The van der Waals surface area contributed by atoms with Crippen LogP contribution < -0.4 is 5.73 Å². The molecular weight excluding hydrogens is 252 g/mol. The van der Waals surface area contributed by atoms with Crippen LogP contribution in [0.15, 0.2) is 11.2 Å². The first-order valence-electron chi connectivity index (χ1n) is 6.32. The summed E-state index contributed by atoms with van der Waals surface area (Å²) in [4.78, 5) is 0. The topological polar surface area (TPSA) is 92.1 Å². The second-order valence-corrected chi connectivity index (χ2v) is 6.56. The normalized spacial score (nSPS) is 19.2. The molecule has 0 amide bonds. The first kappa shape index (κ1) is 13.5. The van der Waals surface area contributed by atoms with E-state index in [4.69, 9.17) is 5.73 Å². The predicted octanol–water partition coefficient (Wildman–Crippen LogP) is 0.679. The number of aromatic nitrogens is 2. The lowest BCUT2D eigenvalue weighted by Gasteiger charge is -2.30. The van der Waals surface area contributed by atoms with Crippen molar-refractivity contribution in [2.75, 3.05) is 13.1 Å². The molecule has 2 heterocycles. The van der Waals surface area contributed by atoms with E-state index in [0.717, 1.165) is 19.3 Å². The van der Waals surface area contributed by atoms with Crippen LogP contribution >= 0.6 is 0 Å². The lowest BCUT2D eigenvalue weighted by atomic mass is 9.96. The quantitative estimate of drug-likeness (QED) is 0.843. The Hall–Kier alpha value is -0.920. The molecule has 3 N–H and O–H groups in total. The summed E-state index contributed by atoms with van der Waals surface area (Å²) in [6.45, 7) is 3.50. The van der Waals surface area contributed by atoms with Gasteiger partial charge in [0, 0.05) is 25.2 Å². The Balaban J connectivity index is 2.17. The van der Waals surface area contributed by atoms with Gasteiger partial charge in [0.15, 0.2) is 5.03 Å². The lowest BCUT2D eigenvalue weighted by Crippen LogP contribution is -2.38. The predicted molar refractivity (Wildman–Crippen MR) is 68.3 cm³/mol. The fourth-order valence-electron chi connectivity index (χ4n) is 2.35. The highest BCUT2D eigenvalue weighted by atomic mass is 32.2. The molecule has 6 nitrogen and oxygen atoms in total. The molecule has 0 spiro atoms. The molecule has 1 aliphatic heterocycles. The van der Waals surface area contributed by atoms with Crippen LogP contribution in [0.3, 0.4) is 0 Å². The molecule has 18 heavy (non-hydrogen) atoms. The number of rotatable bonds is 4. The summed E-state index contributed by atoms with van der Waals surface area (Å²) in [5.41, 5.74) is 6.07. The molecule has 1 aliphatic rings. The fourth-order valence-corrected chi connectivity index (χ4v) is 3.94. The molecular formula is C11H20N4O2S. The molecule has 0 aliphatic carbocycles. The Morgan fingerprint density at radius 3 is 2.72 bits per heavy atom. The molecule has 0 radical (unpaired) electrons. The van der Waals surface area contributed by atoms with Gasteiger partial charge in [-0.05, 0) is 18.8 Å². The number of hydrogen-bond acceptors (Lipinski definition) is 4. The van der Waals surface area contributed by atoms with E-state index in [-0.39, 0.29) is 11.6 Å². The number of nitrogens with one attached hydrogen (secondary N) is 1. The van der Waals surface area contributed by atoms with Gasteiger partial charge >= 0.3 is 0 Å². The van der Waals surface area contributed by atoms with Gasteiger partial charge in [-0.1, -0.05) is 13.3 Å². The lowest BCUT2D eigenvalue weighted by molar-refractivity contribution is 0.268. The summed E-state index contributed by atoms with van der Waals surface area (Å²) in [5.74, 6) is 0.646. The average molecular weight is 272 g/mol. The minimum Gasteiger partial charge on any atom is -0.326 e. The van der Waals surface area contributed by atoms with Gasteiger partial charge in [0.1, 0.15) is 0 Å². The van der Waals surface area contributed by atoms with E-state index < -0.39 is 10.0 Å². The van der Waals surface area contributed by atoms with Crippen molar-refractivity contribution >= 4 is 10.0 Å². The summed E-state index contributed by atoms with van der Waals surface area (Å²) >= 11 is 0. The number of nitrogens with zero attached hydrogens (tertiary/aromatic N) is 2. The van der Waals surface area contributed by atoms with Gasteiger partial charge < -0.3 is 5.73 Å². The van der Waals surface area contributed by atoms with E-state index in [1.807, 2.05) is 0 Å². The molecule has 102 valence electrons. The van der Waals surface area contributed by atoms with Gasteiger partial charge in [-0.15, -0.1) is 0 Å². The zero-order valence-electron chi connectivity index (χ0n) is 10.6. The van der Waals surface area contributed by atoms with Gasteiger partial charge in [-0.25, -0.2) is 8.42 Å². The molecule has 0 bridgehead atoms. The first-order valence-corrected chi connectivity index (χ1v) is 7.76. The fraction of sp³-hybridized carbons (Fsp3) is 0.727. The largest absolute Gasteiger partial charge is 0.326 e. The van der Waals surface area contributed by atoms with E-state index in [1.165, 1.54) is 10.5 Å². The Labute approximate surface area is 108 Å². The Kier molecular flexibility index (Phi) is 4.04. The molecule has 2 rings (SSSR count). The molecule has 0 saturated carbocycles. The van der Waals surface area contributed by atoms with Crippen molar-refractivity contribution in [1.82, 2.24) is 14.5 Å². The summed E-state index contributed by atoms with van der Waals surface area (Å²) in [5, 5.41) is 6.49. The smallest absolute Gasteiger partial charge is 0.260 e. The molecule has 0 atom stereocenters. The third-order valence-corrected chi connectivity index (χ3v) is 5.56. The maximum atomic E-state index is 12.4. The Morgan fingerprint density at radius 2 is 2.17 bits per heavy atom. The summed E-state index contributed by atoms with van der Waals surface area (Å²) in [6.07, 6.45) is 4.46. The highest BCUT2D eigenvalue weighted by Crippen LogP contribution is 2.25. The van der Waals surface area contributed by atoms with E-state index >= 15 is 0 Å². The number of aromatic amines is 1.